The van der Waals surface area contributed by atoms with Crippen LogP contribution >= 0.6 is 0 Å². The molecule has 0 saturated carbocycles. The van der Waals surface area contributed by atoms with E-state index in [-0.39, 0.29) is 12.1 Å². The first-order chi connectivity index (χ1) is 9.53. The number of nitrogens with zero attached hydrogens (tertiary/aromatic N) is 1. The molecule has 0 atom stereocenters. The normalized spacial score (nSPS) is 12.1. The lowest BCUT2D eigenvalue weighted by Crippen LogP contribution is -2.45. The summed E-state index contributed by atoms with van der Waals surface area (Å²) in [6.07, 6.45) is 0. The zero-order valence-corrected chi connectivity index (χ0v) is 12.5. The number of aliphatic hydroxyl groups excluding tert-OH is 1. The predicted molar refractivity (Wildman–Crippen MR) is 83.2 cm³/mol. The Bertz CT molecular complexity index is 566. The first kappa shape index (κ1) is 14.8. The minimum Gasteiger partial charge on any atom is -0.492 e. The molecule has 0 saturated heterocycles. The Hall–Kier alpha value is -1.58. The van der Waals surface area contributed by atoms with Crippen molar-refractivity contribution in [3.8, 4) is 5.75 Å². The van der Waals surface area contributed by atoms with E-state index in [1.54, 1.807) is 0 Å². The summed E-state index contributed by atoms with van der Waals surface area (Å²) in [4.78, 5) is 2.11. The molecule has 3 heteroatoms. The molecule has 0 radical (unpaired) electrons. The van der Waals surface area contributed by atoms with Gasteiger partial charge in [0.25, 0.3) is 0 Å². The number of aliphatic hydroxyl groups is 1. The third-order valence-corrected chi connectivity index (χ3v) is 3.84. The molecule has 20 heavy (non-hydrogen) atoms. The summed E-state index contributed by atoms with van der Waals surface area (Å²) in [5.41, 5.74) is -0.216. The molecule has 1 N–H and O–H groups in total. The molecule has 0 aromatic heterocycles. The molecule has 0 aliphatic carbocycles. The maximum atomic E-state index is 9.32. The number of likely N-dealkylation sites (N-methyl/N-ethyl adjacent to an activating group) is 1. The third kappa shape index (κ3) is 3.50. The molecule has 2 aromatic rings. The van der Waals surface area contributed by atoms with Crippen molar-refractivity contribution >= 4 is 10.8 Å². The molecule has 0 heterocycles. The second-order valence-corrected chi connectivity index (χ2v) is 5.75. The average molecular weight is 273 g/mol. The van der Waals surface area contributed by atoms with Gasteiger partial charge in [0, 0.05) is 12.1 Å². The molecule has 0 amide bonds. The Morgan fingerprint density at radius 2 is 1.80 bits per heavy atom. The molecule has 0 fully saturated rings. The van der Waals surface area contributed by atoms with Gasteiger partial charge in [-0.2, -0.15) is 0 Å². The second-order valence-electron chi connectivity index (χ2n) is 5.75. The van der Waals surface area contributed by atoms with Gasteiger partial charge in [-0.15, -0.1) is 0 Å². The van der Waals surface area contributed by atoms with E-state index >= 15 is 0 Å². The summed E-state index contributed by atoms with van der Waals surface area (Å²) in [5, 5.41) is 11.7. The fourth-order valence-corrected chi connectivity index (χ4v) is 1.98. The van der Waals surface area contributed by atoms with Gasteiger partial charge in [0.1, 0.15) is 12.4 Å². The molecule has 3 nitrogen and oxygen atoms in total. The van der Waals surface area contributed by atoms with Gasteiger partial charge in [-0.1, -0.05) is 30.3 Å². The van der Waals surface area contributed by atoms with Crippen LogP contribution in [0.3, 0.4) is 0 Å². The Labute approximate surface area is 120 Å². The second kappa shape index (κ2) is 6.25. The largest absolute Gasteiger partial charge is 0.492 e. The molecule has 0 aliphatic rings. The lowest BCUT2D eigenvalue weighted by Gasteiger charge is -2.33. The van der Waals surface area contributed by atoms with Crippen LogP contribution in [0.25, 0.3) is 10.8 Å². The van der Waals surface area contributed by atoms with Crippen LogP contribution in [0.5, 0.6) is 5.75 Å². The Morgan fingerprint density at radius 3 is 2.50 bits per heavy atom. The van der Waals surface area contributed by atoms with E-state index in [2.05, 4.69) is 29.2 Å². The van der Waals surface area contributed by atoms with Crippen LogP contribution in [0.1, 0.15) is 13.8 Å². The topological polar surface area (TPSA) is 32.7 Å². The molecule has 108 valence electrons. The van der Waals surface area contributed by atoms with Crippen LogP contribution in [0.15, 0.2) is 42.5 Å². The molecular weight excluding hydrogens is 250 g/mol. The lowest BCUT2D eigenvalue weighted by atomic mass is 10.1. The van der Waals surface area contributed by atoms with Gasteiger partial charge in [-0.3, -0.25) is 4.90 Å². The number of hydrogen-bond acceptors (Lipinski definition) is 3. The highest BCUT2D eigenvalue weighted by Crippen LogP contribution is 2.20. The number of benzene rings is 2. The fourth-order valence-electron chi connectivity index (χ4n) is 1.98. The number of ether oxygens (including phenoxy) is 1. The Morgan fingerprint density at radius 1 is 1.10 bits per heavy atom. The van der Waals surface area contributed by atoms with Crippen molar-refractivity contribution in [2.75, 3.05) is 26.8 Å². The van der Waals surface area contributed by atoms with Gasteiger partial charge in [-0.25, -0.2) is 0 Å². The molecule has 0 bridgehead atoms. The van der Waals surface area contributed by atoms with Crippen molar-refractivity contribution in [3.63, 3.8) is 0 Å². The van der Waals surface area contributed by atoms with Crippen LogP contribution in [0, 0.1) is 0 Å². The van der Waals surface area contributed by atoms with Crippen LogP contribution < -0.4 is 4.74 Å². The van der Waals surface area contributed by atoms with E-state index in [0.717, 1.165) is 12.3 Å². The predicted octanol–water partition coefficient (Wildman–Crippen LogP) is 2.92. The summed E-state index contributed by atoms with van der Waals surface area (Å²) >= 11 is 0. The van der Waals surface area contributed by atoms with Crippen LogP contribution in [0.2, 0.25) is 0 Å². The van der Waals surface area contributed by atoms with Gasteiger partial charge >= 0.3 is 0 Å². The Kier molecular flexibility index (Phi) is 4.63. The number of rotatable bonds is 6. The van der Waals surface area contributed by atoms with E-state index in [1.807, 2.05) is 39.1 Å². The van der Waals surface area contributed by atoms with E-state index in [9.17, 15) is 5.11 Å². The summed E-state index contributed by atoms with van der Waals surface area (Å²) in [7, 11) is 2.00. The van der Waals surface area contributed by atoms with E-state index < -0.39 is 0 Å². The van der Waals surface area contributed by atoms with Gasteiger partial charge in [0.2, 0.25) is 0 Å². The van der Waals surface area contributed by atoms with Crippen molar-refractivity contribution in [1.82, 2.24) is 4.90 Å². The zero-order chi connectivity index (χ0) is 14.6. The lowest BCUT2D eigenvalue weighted by molar-refractivity contribution is 0.0679. The third-order valence-electron chi connectivity index (χ3n) is 3.84. The summed E-state index contributed by atoms with van der Waals surface area (Å²) in [6.45, 7) is 5.56. The summed E-state index contributed by atoms with van der Waals surface area (Å²) in [5.74, 6) is 0.888. The quantitative estimate of drug-likeness (QED) is 0.878. The van der Waals surface area contributed by atoms with Gasteiger partial charge in [-0.05, 0) is 43.8 Å². The molecule has 2 aromatic carbocycles. The highest BCUT2D eigenvalue weighted by molar-refractivity contribution is 5.83. The first-order valence-electron chi connectivity index (χ1n) is 6.97. The molecule has 0 spiro atoms. The Balaban J connectivity index is 1.93. The van der Waals surface area contributed by atoms with Crippen LogP contribution in [-0.2, 0) is 0 Å². The van der Waals surface area contributed by atoms with Crippen LogP contribution in [0.4, 0.5) is 0 Å². The van der Waals surface area contributed by atoms with Gasteiger partial charge in [0.05, 0.1) is 6.61 Å². The van der Waals surface area contributed by atoms with E-state index in [1.165, 1.54) is 10.8 Å². The van der Waals surface area contributed by atoms with Gasteiger partial charge < -0.3 is 9.84 Å². The van der Waals surface area contributed by atoms with E-state index in [4.69, 9.17) is 4.74 Å². The zero-order valence-electron chi connectivity index (χ0n) is 12.5. The maximum Gasteiger partial charge on any atom is 0.120 e. The molecule has 0 unspecified atom stereocenters. The number of hydrogen-bond donors (Lipinski definition) is 1. The highest BCUT2D eigenvalue weighted by Gasteiger charge is 2.21. The molecule has 0 aliphatic heterocycles. The van der Waals surface area contributed by atoms with Crippen LogP contribution in [-0.4, -0.2) is 42.4 Å². The maximum absolute atomic E-state index is 9.32. The monoisotopic (exact) mass is 273 g/mol. The summed E-state index contributed by atoms with van der Waals surface area (Å²) in [6, 6.07) is 14.4. The van der Waals surface area contributed by atoms with Crippen molar-refractivity contribution in [2.24, 2.45) is 0 Å². The van der Waals surface area contributed by atoms with Crippen molar-refractivity contribution in [2.45, 2.75) is 19.4 Å². The minimum atomic E-state index is -0.216. The highest BCUT2D eigenvalue weighted by atomic mass is 16.5. The standard InChI is InChI=1S/C17H23NO2/c1-17(2,13-19)18(3)10-11-20-16-9-8-14-6-4-5-7-15(14)12-16/h4-9,12,19H,10-11,13H2,1-3H3. The first-order valence-corrected chi connectivity index (χ1v) is 6.97. The van der Waals surface area contributed by atoms with Crippen molar-refractivity contribution in [1.29, 1.82) is 0 Å². The number of fused-ring (bicyclic) bond motifs is 1. The van der Waals surface area contributed by atoms with E-state index in [0.29, 0.717) is 6.61 Å². The average Bonchev–Trinajstić information content (AvgIpc) is 2.47. The molecular formula is C17H23NO2. The summed E-state index contributed by atoms with van der Waals surface area (Å²) < 4.78 is 5.80. The SMILES string of the molecule is CN(CCOc1ccc2ccccc2c1)C(C)(C)CO. The van der Waals surface area contributed by atoms with Gasteiger partial charge in [0.15, 0.2) is 0 Å². The fraction of sp³-hybridized carbons (Fsp3) is 0.412. The minimum absolute atomic E-state index is 0.138. The van der Waals surface area contributed by atoms with Crippen molar-refractivity contribution in [3.05, 3.63) is 42.5 Å². The van der Waals surface area contributed by atoms with Crippen molar-refractivity contribution < 1.29 is 9.84 Å². The molecule has 2 rings (SSSR count). The smallest absolute Gasteiger partial charge is 0.120 e.